The summed E-state index contributed by atoms with van der Waals surface area (Å²) in [5.74, 6) is -1.10. The second-order valence-corrected chi connectivity index (χ2v) is 7.77. The van der Waals surface area contributed by atoms with Gasteiger partial charge in [-0.05, 0) is 44.5 Å². The summed E-state index contributed by atoms with van der Waals surface area (Å²) in [6, 6.07) is 10.5. The first kappa shape index (κ1) is 21.9. The Morgan fingerprint density at radius 1 is 1.10 bits per heavy atom. The Labute approximate surface area is 178 Å². The van der Waals surface area contributed by atoms with Gasteiger partial charge in [0.25, 0.3) is 0 Å². The summed E-state index contributed by atoms with van der Waals surface area (Å²) in [6.45, 7) is 10.00. The van der Waals surface area contributed by atoms with Gasteiger partial charge in [-0.15, -0.1) is 0 Å². The van der Waals surface area contributed by atoms with Crippen molar-refractivity contribution in [1.82, 2.24) is 14.8 Å². The first-order chi connectivity index (χ1) is 14.5. The van der Waals surface area contributed by atoms with Gasteiger partial charge in [-0.3, -0.25) is 9.69 Å². The Kier molecular flexibility index (Phi) is 7.52. The standard InChI is InChI=1S/C23H32N4O3/c1-3-26-17-18(2)22(23(29)30)20(26)16-21(28)24-10-7-11-25-12-14-27(15-13-25)19-8-5-4-6-9-19/h4-6,8-9,17H,3,7,10-16H2,1-2H3,(H,24,28)(H,29,30). The molecule has 1 fully saturated rings. The molecule has 1 aliphatic rings. The van der Waals surface area contributed by atoms with Gasteiger partial charge in [-0.2, -0.15) is 0 Å². The number of rotatable bonds is 9. The summed E-state index contributed by atoms with van der Waals surface area (Å²) in [5, 5.41) is 12.4. The van der Waals surface area contributed by atoms with E-state index in [1.165, 1.54) is 5.69 Å². The van der Waals surface area contributed by atoms with Crippen LogP contribution in [0, 0.1) is 6.92 Å². The number of hydrogen-bond donors (Lipinski definition) is 2. The van der Waals surface area contributed by atoms with Gasteiger partial charge in [-0.25, -0.2) is 4.79 Å². The molecule has 0 aliphatic carbocycles. The average molecular weight is 413 g/mol. The maximum atomic E-state index is 12.4. The van der Waals surface area contributed by atoms with Crippen molar-refractivity contribution in [2.24, 2.45) is 0 Å². The van der Waals surface area contributed by atoms with Gasteiger partial charge in [0.1, 0.15) is 0 Å². The highest BCUT2D eigenvalue weighted by Crippen LogP contribution is 2.18. The van der Waals surface area contributed by atoms with Crippen LogP contribution in [-0.2, 0) is 17.8 Å². The number of carbonyl (C=O) groups excluding carboxylic acids is 1. The molecule has 1 amide bonds. The Hall–Kier alpha value is -2.80. The van der Waals surface area contributed by atoms with E-state index in [1.807, 2.05) is 17.6 Å². The second kappa shape index (κ2) is 10.3. The normalized spacial score (nSPS) is 14.7. The number of aromatic nitrogens is 1. The largest absolute Gasteiger partial charge is 0.478 e. The Bertz CT molecular complexity index is 855. The second-order valence-electron chi connectivity index (χ2n) is 7.77. The molecule has 1 aromatic heterocycles. The third-order valence-electron chi connectivity index (χ3n) is 5.73. The minimum Gasteiger partial charge on any atom is -0.478 e. The number of piperazine rings is 1. The predicted molar refractivity (Wildman–Crippen MR) is 118 cm³/mol. The zero-order valence-corrected chi connectivity index (χ0v) is 17.9. The molecule has 3 rings (SSSR count). The molecule has 1 aromatic carbocycles. The number of carboxylic acid groups (broad SMARTS) is 1. The van der Waals surface area contributed by atoms with E-state index in [2.05, 4.69) is 39.4 Å². The molecule has 30 heavy (non-hydrogen) atoms. The zero-order chi connectivity index (χ0) is 21.5. The number of hydrogen-bond acceptors (Lipinski definition) is 4. The molecule has 0 saturated carbocycles. The lowest BCUT2D eigenvalue weighted by Gasteiger charge is -2.36. The van der Waals surface area contributed by atoms with E-state index >= 15 is 0 Å². The predicted octanol–water partition coefficient (Wildman–Crippen LogP) is 2.39. The van der Waals surface area contributed by atoms with Gasteiger partial charge in [-0.1, -0.05) is 18.2 Å². The Morgan fingerprint density at radius 2 is 1.80 bits per heavy atom. The first-order valence-corrected chi connectivity index (χ1v) is 10.7. The van der Waals surface area contributed by atoms with E-state index in [-0.39, 0.29) is 17.9 Å². The van der Waals surface area contributed by atoms with Gasteiger partial charge >= 0.3 is 5.97 Å². The molecule has 0 atom stereocenters. The third-order valence-corrected chi connectivity index (χ3v) is 5.73. The van der Waals surface area contributed by atoms with Crippen LogP contribution in [0.5, 0.6) is 0 Å². The van der Waals surface area contributed by atoms with Gasteiger partial charge in [0.05, 0.1) is 12.0 Å². The van der Waals surface area contributed by atoms with Crippen molar-refractivity contribution < 1.29 is 14.7 Å². The topological polar surface area (TPSA) is 77.8 Å². The molecular weight excluding hydrogens is 380 g/mol. The SMILES string of the molecule is CCn1cc(C)c(C(=O)O)c1CC(=O)NCCCN1CCN(c2ccccc2)CC1. The van der Waals surface area contributed by atoms with E-state index in [4.69, 9.17) is 0 Å². The monoisotopic (exact) mass is 412 g/mol. The summed E-state index contributed by atoms with van der Waals surface area (Å²) < 4.78 is 1.85. The molecule has 0 bridgehead atoms. The van der Waals surface area contributed by atoms with Crippen molar-refractivity contribution in [1.29, 1.82) is 0 Å². The molecule has 0 spiro atoms. The quantitative estimate of drug-likeness (QED) is 0.619. The van der Waals surface area contributed by atoms with Crippen LogP contribution in [-0.4, -0.2) is 65.7 Å². The number of carbonyl (C=O) groups is 2. The number of nitrogens with zero attached hydrogens (tertiary/aromatic N) is 3. The van der Waals surface area contributed by atoms with Gasteiger partial charge in [0.15, 0.2) is 0 Å². The Balaban J connectivity index is 1.39. The molecule has 7 nitrogen and oxygen atoms in total. The molecule has 7 heteroatoms. The summed E-state index contributed by atoms with van der Waals surface area (Å²) >= 11 is 0. The highest BCUT2D eigenvalue weighted by atomic mass is 16.4. The number of aryl methyl sites for hydroxylation is 2. The number of aromatic carboxylic acids is 1. The summed E-state index contributed by atoms with van der Waals surface area (Å²) in [6.07, 6.45) is 2.79. The molecule has 2 N–H and O–H groups in total. The lowest BCUT2D eigenvalue weighted by Crippen LogP contribution is -2.47. The van der Waals surface area contributed by atoms with E-state index < -0.39 is 5.97 Å². The van der Waals surface area contributed by atoms with Crippen molar-refractivity contribution in [3.63, 3.8) is 0 Å². The highest BCUT2D eigenvalue weighted by Gasteiger charge is 2.21. The Morgan fingerprint density at radius 3 is 2.43 bits per heavy atom. The van der Waals surface area contributed by atoms with Crippen LogP contribution < -0.4 is 10.2 Å². The molecule has 0 unspecified atom stereocenters. The van der Waals surface area contributed by atoms with E-state index in [9.17, 15) is 14.7 Å². The third kappa shape index (κ3) is 5.42. The van der Waals surface area contributed by atoms with Crippen LogP contribution in [0.3, 0.4) is 0 Å². The lowest BCUT2D eigenvalue weighted by molar-refractivity contribution is -0.120. The minimum atomic E-state index is -0.975. The van der Waals surface area contributed by atoms with Crippen molar-refractivity contribution in [2.75, 3.05) is 44.2 Å². The smallest absolute Gasteiger partial charge is 0.337 e. The van der Waals surface area contributed by atoms with E-state index in [0.29, 0.717) is 24.3 Å². The molecule has 162 valence electrons. The highest BCUT2D eigenvalue weighted by molar-refractivity contribution is 5.93. The van der Waals surface area contributed by atoms with E-state index in [0.717, 1.165) is 39.1 Å². The number of anilines is 1. The summed E-state index contributed by atoms with van der Waals surface area (Å²) in [5.41, 5.74) is 2.80. The number of benzene rings is 1. The molecular formula is C23H32N4O3. The number of nitrogens with one attached hydrogen (secondary N) is 1. The molecule has 0 radical (unpaired) electrons. The van der Waals surface area contributed by atoms with Crippen molar-refractivity contribution >= 4 is 17.6 Å². The number of carboxylic acids is 1. The first-order valence-electron chi connectivity index (χ1n) is 10.7. The molecule has 1 saturated heterocycles. The number of amides is 1. The van der Waals surface area contributed by atoms with Crippen LogP contribution in [0.4, 0.5) is 5.69 Å². The van der Waals surface area contributed by atoms with Gasteiger partial charge in [0.2, 0.25) is 5.91 Å². The minimum absolute atomic E-state index is 0.0963. The summed E-state index contributed by atoms with van der Waals surface area (Å²) in [7, 11) is 0. The fourth-order valence-corrected chi connectivity index (χ4v) is 4.13. The molecule has 2 aromatic rings. The lowest BCUT2D eigenvalue weighted by atomic mass is 10.1. The number of para-hydroxylation sites is 1. The van der Waals surface area contributed by atoms with Gasteiger partial charge < -0.3 is 19.9 Å². The fraction of sp³-hybridized carbons (Fsp3) is 0.478. The average Bonchev–Trinajstić information content (AvgIpc) is 3.07. The van der Waals surface area contributed by atoms with Crippen molar-refractivity contribution in [3.8, 4) is 0 Å². The van der Waals surface area contributed by atoms with E-state index in [1.54, 1.807) is 13.1 Å². The van der Waals surface area contributed by atoms with Crippen LogP contribution >= 0.6 is 0 Å². The fourth-order valence-electron chi connectivity index (χ4n) is 4.13. The van der Waals surface area contributed by atoms with Crippen LogP contribution in [0.1, 0.15) is 35.0 Å². The van der Waals surface area contributed by atoms with Crippen LogP contribution in [0.2, 0.25) is 0 Å². The maximum absolute atomic E-state index is 12.4. The maximum Gasteiger partial charge on any atom is 0.337 e. The molecule has 2 heterocycles. The molecule has 1 aliphatic heterocycles. The van der Waals surface area contributed by atoms with Crippen LogP contribution in [0.25, 0.3) is 0 Å². The van der Waals surface area contributed by atoms with Crippen molar-refractivity contribution in [2.45, 2.75) is 33.2 Å². The van der Waals surface area contributed by atoms with Gasteiger partial charge in [0, 0.05) is 56.8 Å². The van der Waals surface area contributed by atoms with Crippen LogP contribution in [0.15, 0.2) is 36.5 Å². The zero-order valence-electron chi connectivity index (χ0n) is 17.9. The van der Waals surface area contributed by atoms with Crippen molar-refractivity contribution in [3.05, 3.63) is 53.3 Å². The summed E-state index contributed by atoms with van der Waals surface area (Å²) in [4.78, 5) is 28.8.